The molecule has 0 bridgehead atoms. The fourth-order valence-electron chi connectivity index (χ4n) is 1.28. The van der Waals surface area contributed by atoms with Crippen molar-refractivity contribution < 1.29 is 37.0 Å². The van der Waals surface area contributed by atoms with Crippen LogP contribution in [0.2, 0.25) is 19.6 Å². The summed E-state index contributed by atoms with van der Waals surface area (Å²) in [6.45, 7) is 8.05. The highest BCUT2D eigenvalue weighted by Crippen LogP contribution is 2.38. The zero-order chi connectivity index (χ0) is 16.6. The largest absolute Gasteiger partial charge is 0.478 e. The molecule has 0 radical (unpaired) electrons. The van der Waals surface area contributed by atoms with Crippen molar-refractivity contribution in [1.82, 2.24) is 0 Å². The lowest BCUT2D eigenvalue weighted by Crippen LogP contribution is -2.64. The highest BCUT2D eigenvalue weighted by atomic mass is 28.4. The third kappa shape index (κ3) is 4.48. The molecule has 118 valence electrons. The van der Waals surface area contributed by atoms with E-state index in [1.54, 1.807) is 0 Å². The second-order valence-electron chi connectivity index (χ2n) is 6.20. The van der Waals surface area contributed by atoms with Gasteiger partial charge in [0.25, 0.3) is 0 Å². The first kappa shape index (κ1) is 18.9. The van der Waals surface area contributed by atoms with Crippen molar-refractivity contribution >= 4 is 20.3 Å². The second kappa shape index (κ2) is 5.36. The molecule has 0 amide bonds. The average Bonchev–Trinajstić information content (AvgIpc) is 2.06. The van der Waals surface area contributed by atoms with E-state index in [4.69, 9.17) is 9.53 Å². The summed E-state index contributed by atoms with van der Waals surface area (Å²) in [6.07, 6.45) is -5.43. The van der Waals surface area contributed by atoms with E-state index in [1.165, 1.54) is 40.4 Å². The molecule has 5 nitrogen and oxygen atoms in total. The van der Waals surface area contributed by atoms with Crippen LogP contribution in [0.3, 0.4) is 0 Å². The Labute approximate surface area is 116 Å². The number of alkyl halides is 3. The Morgan fingerprint density at radius 2 is 1.45 bits per heavy atom. The second-order valence-corrected chi connectivity index (χ2v) is 10.6. The summed E-state index contributed by atoms with van der Waals surface area (Å²) >= 11 is 0. The molecule has 0 heterocycles. The van der Waals surface area contributed by atoms with Crippen LogP contribution in [0.25, 0.3) is 0 Å². The molecule has 0 spiro atoms. The van der Waals surface area contributed by atoms with E-state index in [9.17, 15) is 22.8 Å². The maximum Gasteiger partial charge on any atom is 0.438 e. The SMILES string of the molecule is CC(C)(C)OC(=O)C(O[Si](C)(C)C)(C(=O)O)C(F)(F)F. The van der Waals surface area contributed by atoms with Gasteiger partial charge in [0.05, 0.1) is 0 Å². The third-order valence-electron chi connectivity index (χ3n) is 1.85. The van der Waals surface area contributed by atoms with Gasteiger partial charge in [-0.3, -0.25) is 0 Å². The smallest absolute Gasteiger partial charge is 0.438 e. The highest BCUT2D eigenvalue weighted by molar-refractivity contribution is 6.70. The van der Waals surface area contributed by atoms with E-state index >= 15 is 0 Å². The number of halogens is 3. The van der Waals surface area contributed by atoms with E-state index in [1.807, 2.05) is 0 Å². The van der Waals surface area contributed by atoms with Gasteiger partial charge in [-0.25, -0.2) is 9.59 Å². The number of hydrogen-bond acceptors (Lipinski definition) is 4. The van der Waals surface area contributed by atoms with Gasteiger partial charge in [0.15, 0.2) is 8.32 Å². The molecule has 0 aliphatic rings. The van der Waals surface area contributed by atoms with Crippen molar-refractivity contribution in [2.75, 3.05) is 0 Å². The molecule has 9 heteroatoms. The molecule has 1 N–H and O–H groups in total. The maximum atomic E-state index is 13.2. The zero-order valence-electron chi connectivity index (χ0n) is 12.2. The number of aliphatic carboxylic acids is 1. The lowest BCUT2D eigenvalue weighted by atomic mass is 10.0. The van der Waals surface area contributed by atoms with Crippen LogP contribution in [0, 0.1) is 0 Å². The van der Waals surface area contributed by atoms with Gasteiger partial charge in [0.1, 0.15) is 5.60 Å². The molecule has 0 saturated carbocycles. The van der Waals surface area contributed by atoms with Gasteiger partial charge in [0, 0.05) is 0 Å². The van der Waals surface area contributed by atoms with E-state index < -0.39 is 37.6 Å². The Morgan fingerprint density at radius 3 is 1.65 bits per heavy atom. The van der Waals surface area contributed by atoms with Gasteiger partial charge < -0.3 is 14.3 Å². The molecule has 0 rings (SSSR count). The number of carboxylic acids is 1. The number of esters is 1. The molecular weight excluding hydrogens is 297 g/mol. The molecule has 0 fully saturated rings. The van der Waals surface area contributed by atoms with Gasteiger partial charge >= 0.3 is 23.7 Å². The topological polar surface area (TPSA) is 72.8 Å². The van der Waals surface area contributed by atoms with Crippen LogP contribution in [-0.4, -0.2) is 42.7 Å². The van der Waals surface area contributed by atoms with E-state index in [2.05, 4.69) is 4.74 Å². The Morgan fingerprint density at radius 1 is 1.05 bits per heavy atom. The predicted octanol–water partition coefficient (Wildman–Crippen LogP) is 2.57. The Kier molecular flexibility index (Phi) is 5.07. The number of hydrogen-bond donors (Lipinski definition) is 1. The number of carbonyl (C=O) groups is 2. The molecule has 0 aromatic rings. The van der Waals surface area contributed by atoms with Crippen molar-refractivity contribution in [3.63, 3.8) is 0 Å². The van der Waals surface area contributed by atoms with Crippen molar-refractivity contribution in [3.05, 3.63) is 0 Å². The minimum Gasteiger partial charge on any atom is -0.478 e. The normalized spacial score (nSPS) is 16.4. The molecular formula is C11H19F3O5Si. The van der Waals surface area contributed by atoms with E-state index in [0.717, 1.165) is 0 Å². The number of carbonyl (C=O) groups excluding carboxylic acids is 1. The quantitative estimate of drug-likeness (QED) is 0.490. The predicted molar refractivity (Wildman–Crippen MR) is 66.7 cm³/mol. The van der Waals surface area contributed by atoms with Crippen LogP contribution < -0.4 is 0 Å². The van der Waals surface area contributed by atoms with Crippen LogP contribution in [0.4, 0.5) is 13.2 Å². The van der Waals surface area contributed by atoms with Crippen LogP contribution in [0.15, 0.2) is 0 Å². The summed E-state index contributed by atoms with van der Waals surface area (Å²) in [7, 11) is -3.01. The van der Waals surface area contributed by atoms with Crippen LogP contribution >= 0.6 is 0 Å². The summed E-state index contributed by atoms with van der Waals surface area (Å²) in [5.41, 5.74) is -5.27. The number of rotatable bonds is 4. The summed E-state index contributed by atoms with van der Waals surface area (Å²) in [4.78, 5) is 23.0. The van der Waals surface area contributed by atoms with Gasteiger partial charge in [-0.2, -0.15) is 13.2 Å². The lowest BCUT2D eigenvalue weighted by Gasteiger charge is -2.36. The summed E-state index contributed by atoms with van der Waals surface area (Å²) in [6, 6.07) is 0. The molecule has 0 saturated heterocycles. The van der Waals surface area contributed by atoms with Crippen LogP contribution in [-0.2, 0) is 18.8 Å². The zero-order valence-corrected chi connectivity index (χ0v) is 13.2. The van der Waals surface area contributed by atoms with E-state index in [0.29, 0.717) is 0 Å². The monoisotopic (exact) mass is 316 g/mol. The first-order valence-corrected chi connectivity index (χ1v) is 9.17. The average molecular weight is 316 g/mol. The Bertz CT molecular complexity index is 394. The lowest BCUT2D eigenvalue weighted by molar-refractivity contribution is -0.260. The molecule has 20 heavy (non-hydrogen) atoms. The first-order valence-electron chi connectivity index (χ1n) is 5.77. The summed E-state index contributed by atoms with van der Waals surface area (Å²) in [5, 5.41) is 8.97. The van der Waals surface area contributed by atoms with Crippen molar-refractivity contribution in [3.8, 4) is 0 Å². The molecule has 1 atom stereocenters. The molecule has 0 aliphatic carbocycles. The molecule has 0 aromatic carbocycles. The van der Waals surface area contributed by atoms with Gasteiger partial charge in [-0.15, -0.1) is 0 Å². The van der Waals surface area contributed by atoms with Crippen LogP contribution in [0.1, 0.15) is 20.8 Å². The van der Waals surface area contributed by atoms with Crippen molar-refractivity contribution in [1.29, 1.82) is 0 Å². The maximum absolute atomic E-state index is 13.2. The molecule has 0 aromatic heterocycles. The molecule has 1 unspecified atom stereocenters. The number of ether oxygens (including phenoxy) is 1. The fraction of sp³-hybridized carbons (Fsp3) is 0.818. The summed E-state index contributed by atoms with van der Waals surface area (Å²) < 4.78 is 48.9. The Hall–Kier alpha value is -1.09. The minimum absolute atomic E-state index is 1.27. The molecule has 0 aliphatic heterocycles. The van der Waals surface area contributed by atoms with Gasteiger partial charge in [-0.05, 0) is 40.4 Å². The standard InChI is InChI=1S/C11H19F3O5Si/c1-9(2,3)18-8(17)10(7(15)16,11(12,13)14)19-20(4,5)6/h1-6H3,(H,15,16). The fourth-order valence-corrected chi connectivity index (χ4v) is 2.48. The van der Waals surface area contributed by atoms with Crippen LogP contribution in [0.5, 0.6) is 0 Å². The number of carboxylic acid groups (broad SMARTS) is 1. The highest BCUT2D eigenvalue weighted by Gasteiger charge is 2.71. The third-order valence-corrected chi connectivity index (χ3v) is 2.76. The minimum atomic E-state index is -5.43. The Balaban J connectivity index is 5.91. The summed E-state index contributed by atoms with van der Waals surface area (Å²) in [5.74, 6) is -4.39. The van der Waals surface area contributed by atoms with Gasteiger partial charge in [0.2, 0.25) is 0 Å². The van der Waals surface area contributed by atoms with Crippen molar-refractivity contribution in [2.24, 2.45) is 0 Å². The van der Waals surface area contributed by atoms with E-state index in [-0.39, 0.29) is 0 Å². The van der Waals surface area contributed by atoms with Gasteiger partial charge in [-0.1, -0.05) is 0 Å². The van der Waals surface area contributed by atoms with Crippen molar-refractivity contribution in [2.45, 2.75) is 57.8 Å². The first-order chi connectivity index (χ1) is 8.53.